The van der Waals surface area contributed by atoms with Crippen LogP contribution in [0.3, 0.4) is 0 Å². The Morgan fingerprint density at radius 3 is 2.40 bits per heavy atom. The molecule has 0 amide bonds. The number of nitro groups is 1. The van der Waals surface area contributed by atoms with Gasteiger partial charge in [0, 0.05) is 22.4 Å². The van der Waals surface area contributed by atoms with E-state index in [9.17, 15) is 10.1 Å². The zero-order valence-electron chi connectivity index (χ0n) is 13.8. The number of para-hydroxylation sites is 2. The summed E-state index contributed by atoms with van der Waals surface area (Å²) in [5.41, 5.74) is 3.44. The molecule has 0 unspecified atom stereocenters. The molecule has 0 bridgehead atoms. The monoisotopic (exact) mass is 397 g/mol. The fourth-order valence-corrected chi connectivity index (χ4v) is 3.32. The van der Waals surface area contributed by atoms with E-state index >= 15 is 0 Å². The van der Waals surface area contributed by atoms with Crippen molar-refractivity contribution in [2.45, 2.75) is 13.8 Å². The second-order valence-electron chi connectivity index (χ2n) is 5.20. The van der Waals surface area contributed by atoms with E-state index in [-0.39, 0.29) is 5.69 Å². The van der Waals surface area contributed by atoms with Gasteiger partial charge in [0.1, 0.15) is 11.2 Å². The average molecular weight is 398 g/mol. The maximum atomic E-state index is 11.0. The summed E-state index contributed by atoms with van der Waals surface area (Å²) in [4.78, 5) is 10.5. The summed E-state index contributed by atoms with van der Waals surface area (Å²) in [6.07, 6.45) is 0. The number of hydrogen-bond donors (Lipinski definition) is 0. The van der Waals surface area contributed by atoms with E-state index < -0.39 is 4.92 Å². The Morgan fingerprint density at radius 2 is 1.68 bits per heavy atom. The molecule has 1 aromatic heterocycles. The number of hydrogen-bond acceptors (Lipinski definition) is 3. The largest absolute Gasteiger partial charge is 0.455 e. The Labute approximate surface area is 153 Å². The predicted octanol–water partition coefficient (Wildman–Crippen LogP) is 6.95. The van der Waals surface area contributed by atoms with Crippen molar-refractivity contribution in [2.75, 3.05) is 0 Å². The quantitative estimate of drug-likeness (QED) is 0.271. The van der Waals surface area contributed by atoms with Gasteiger partial charge in [-0.2, -0.15) is 0 Å². The SMILES string of the molecule is CC.O=[N+]([O-])c1ccc(-c2cccc3c2oc2ccccc23)cc1Br. The van der Waals surface area contributed by atoms with Crippen LogP contribution in [0.2, 0.25) is 0 Å². The van der Waals surface area contributed by atoms with E-state index in [2.05, 4.69) is 15.9 Å². The summed E-state index contributed by atoms with van der Waals surface area (Å²) in [6.45, 7) is 4.00. The molecule has 25 heavy (non-hydrogen) atoms. The van der Waals surface area contributed by atoms with Crippen molar-refractivity contribution in [3.8, 4) is 11.1 Å². The van der Waals surface area contributed by atoms with Crippen molar-refractivity contribution in [3.63, 3.8) is 0 Å². The Hall–Kier alpha value is -2.66. The standard InChI is InChI=1S/C18H10BrNO3.C2H6/c19-15-10-11(8-9-16(15)20(21)22)12-5-3-6-14-13-4-1-2-7-17(13)23-18(12)14;1-2/h1-10H;1-2H3. The Morgan fingerprint density at radius 1 is 0.960 bits per heavy atom. The van der Waals surface area contributed by atoms with Crippen LogP contribution in [0.15, 0.2) is 69.6 Å². The molecule has 0 aliphatic rings. The van der Waals surface area contributed by atoms with Crippen LogP contribution in [0.4, 0.5) is 5.69 Å². The molecule has 0 spiro atoms. The summed E-state index contributed by atoms with van der Waals surface area (Å²) < 4.78 is 6.46. The summed E-state index contributed by atoms with van der Waals surface area (Å²) >= 11 is 3.27. The summed E-state index contributed by atoms with van der Waals surface area (Å²) in [7, 11) is 0. The average Bonchev–Trinajstić information content (AvgIpc) is 3.01. The van der Waals surface area contributed by atoms with Crippen molar-refractivity contribution in [1.82, 2.24) is 0 Å². The lowest BCUT2D eigenvalue weighted by Gasteiger charge is -2.04. The van der Waals surface area contributed by atoms with Gasteiger partial charge in [-0.05, 0) is 39.7 Å². The second kappa shape index (κ2) is 7.07. The predicted molar refractivity (Wildman–Crippen MR) is 105 cm³/mol. The summed E-state index contributed by atoms with van der Waals surface area (Å²) in [6, 6.07) is 18.8. The smallest absolute Gasteiger partial charge is 0.283 e. The minimum Gasteiger partial charge on any atom is -0.455 e. The van der Waals surface area contributed by atoms with Gasteiger partial charge >= 0.3 is 0 Å². The number of nitrogens with zero attached hydrogens (tertiary/aromatic N) is 1. The van der Waals surface area contributed by atoms with Gasteiger partial charge < -0.3 is 4.42 Å². The molecule has 0 saturated carbocycles. The van der Waals surface area contributed by atoms with E-state index in [1.54, 1.807) is 12.1 Å². The number of furan rings is 1. The molecule has 4 aromatic rings. The molecule has 0 fully saturated rings. The van der Waals surface area contributed by atoms with Crippen molar-refractivity contribution in [1.29, 1.82) is 0 Å². The van der Waals surface area contributed by atoms with Crippen LogP contribution in [-0.4, -0.2) is 4.92 Å². The van der Waals surface area contributed by atoms with Crippen molar-refractivity contribution in [2.24, 2.45) is 0 Å². The van der Waals surface area contributed by atoms with Crippen molar-refractivity contribution < 1.29 is 9.34 Å². The third kappa shape index (κ3) is 3.03. The highest BCUT2D eigenvalue weighted by atomic mass is 79.9. The first-order chi connectivity index (χ1) is 12.1. The number of nitro benzene ring substituents is 1. The molecule has 4 nitrogen and oxygen atoms in total. The van der Waals surface area contributed by atoms with Gasteiger partial charge in [0.2, 0.25) is 0 Å². The zero-order valence-corrected chi connectivity index (χ0v) is 15.4. The van der Waals surface area contributed by atoms with E-state index in [4.69, 9.17) is 4.42 Å². The molecule has 0 radical (unpaired) electrons. The first-order valence-corrected chi connectivity index (χ1v) is 8.79. The molecule has 0 N–H and O–H groups in total. The van der Waals surface area contributed by atoms with E-state index in [0.717, 1.165) is 33.1 Å². The minimum absolute atomic E-state index is 0.0468. The van der Waals surface area contributed by atoms with Crippen LogP contribution in [0, 0.1) is 10.1 Å². The molecule has 126 valence electrons. The molecule has 0 saturated heterocycles. The normalized spacial score (nSPS) is 10.5. The highest BCUT2D eigenvalue weighted by Crippen LogP contribution is 2.37. The lowest BCUT2D eigenvalue weighted by molar-refractivity contribution is -0.385. The minimum atomic E-state index is -0.407. The fourth-order valence-electron chi connectivity index (χ4n) is 2.80. The Kier molecular flexibility index (Phi) is 4.86. The van der Waals surface area contributed by atoms with Crippen LogP contribution in [0.5, 0.6) is 0 Å². The molecular weight excluding hydrogens is 382 g/mol. The topological polar surface area (TPSA) is 56.3 Å². The highest BCUT2D eigenvalue weighted by Gasteiger charge is 2.15. The van der Waals surface area contributed by atoms with Gasteiger partial charge in [-0.3, -0.25) is 10.1 Å². The van der Waals surface area contributed by atoms with Crippen LogP contribution in [0.1, 0.15) is 13.8 Å². The molecule has 0 aliphatic heterocycles. The molecular formula is C20H16BrNO3. The summed E-state index contributed by atoms with van der Waals surface area (Å²) in [5.74, 6) is 0. The highest BCUT2D eigenvalue weighted by molar-refractivity contribution is 9.10. The molecule has 4 rings (SSSR count). The van der Waals surface area contributed by atoms with Crippen LogP contribution >= 0.6 is 15.9 Å². The molecule has 5 heteroatoms. The van der Waals surface area contributed by atoms with E-state index in [1.807, 2.05) is 56.3 Å². The number of fused-ring (bicyclic) bond motifs is 3. The molecule has 0 atom stereocenters. The van der Waals surface area contributed by atoms with E-state index in [0.29, 0.717) is 4.47 Å². The Bertz CT molecular complexity index is 1070. The zero-order chi connectivity index (χ0) is 18.0. The van der Waals surface area contributed by atoms with Crippen LogP contribution in [-0.2, 0) is 0 Å². The van der Waals surface area contributed by atoms with Crippen molar-refractivity contribution >= 4 is 43.6 Å². The Balaban J connectivity index is 0.000000880. The maximum Gasteiger partial charge on any atom is 0.283 e. The lowest BCUT2D eigenvalue weighted by atomic mass is 10.0. The van der Waals surface area contributed by atoms with Gasteiger partial charge in [-0.1, -0.05) is 50.2 Å². The molecule has 0 aliphatic carbocycles. The van der Waals surface area contributed by atoms with Crippen LogP contribution < -0.4 is 0 Å². The van der Waals surface area contributed by atoms with Crippen LogP contribution in [0.25, 0.3) is 33.1 Å². The third-order valence-corrected chi connectivity index (χ3v) is 4.49. The number of halogens is 1. The molecule has 3 aromatic carbocycles. The van der Waals surface area contributed by atoms with Gasteiger partial charge in [0.25, 0.3) is 5.69 Å². The summed E-state index contributed by atoms with van der Waals surface area (Å²) in [5, 5.41) is 13.1. The van der Waals surface area contributed by atoms with Crippen molar-refractivity contribution in [3.05, 3.63) is 75.3 Å². The number of rotatable bonds is 2. The molecule has 1 heterocycles. The third-order valence-electron chi connectivity index (χ3n) is 3.86. The van der Waals surface area contributed by atoms with Gasteiger partial charge in [-0.25, -0.2) is 0 Å². The lowest BCUT2D eigenvalue weighted by Crippen LogP contribution is -1.89. The first kappa shape index (κ1) is 17.2. The second-order valence-corrected chi connectivity index (χ2v) is 6.06. The van der Waals surface area contributed by atoms with Gasteiger partial charge in [0.05, 0.1) is 9.40 Å². The number of benzene rings is 3. The fraction of sp³-hybridized carbons (Fsp3) is 0.100. The van der Waals surface area contributed by atoms with E-state index in [1.165, 1.54) is 6.07 Å². The van der Waals surface area contributed by atoms with Gasteiger partial charge in [-0.15, -0.1) is 0 Å². The maximum absolute atomic E-state index is 11.0. The first-order valence-electron chi connectivity index (χ1n) is 8.00. The van der Waals surface area contributed by atoms with Gasteiger partial charge in [0.15, 0.2) is 0 Å².